The van der Waals surface area contributed by atoms with Gasteiger partial charge in [0.15, 0.2) is 5.13 Å². The number of ether oxygens (including phenoxy) is 1. The van der Waals surface area contributed by atoms with Crippen molar-refractivity contribution in [2.45, 2.75) is 33.4 Å². The zero-order chi connectivity index (χ0) is 19.6. The highest BCUT2D eigenvalue weighted by atomic mass is 32.1. The molecule has 3 amide bonds. The Bertz CT molecular complexity index is 849. The third-order valence-electron chi connectivity index (χ3n) is 4.34. The van der Waals surface area contributed by atoms with E-state index in [1.54, 1.807) is 11.9 Å². The molecule has 1 aromatic carbocycles. The van der Waals surface area contributed by atoms with Crippen LogP contribution >= 0.6 is 11.3 Å². The second-order valence-electron chi connectivity index (χ2n) is 6.81. The summed E-state index contributed by atoms with van der Waals surface area (Å²) in [6.07, 6.45) is -0.495. The predicted octanol–water partition coefficient (Wildman–Crippen LogP) is 3.79. The first-order valence-corrected chi connectivity index (χ1v) is 9.80. The second kappa shape index (κ2) is 8.06. The number of hydrogen-bond acceptors (Lipinski definition) is 5. The number of hydrogen-bond donors (Lipinski definition) is 2. The minimum atomic E-state index is -0.495. The van der Waals surface area contributed by atoms with Crippen molar-refractivity contribution in [1.29, 1.82) is 0 Å². The van der Waals surface area contributed by atoms with Crippen LogP contribution in [0.2, 0.25) is 0 Å². The van der Waals surface area contributed by atoms with Gasteiger partial charge in [-0.25, -0.2) is 9.78 Å². The number of urea groups is 1. The number of carbonyl (C=O) groups excluding carboxylic acids is 2. The van der Waals surface area contributed by atoms with E-state index in [1.165, 1.54) is 11.3 Å². The van der Waals surface area contributed by atoms with E-state index in [4.69, 9.17) is 4.74 Å². The molecule has 2 N–H and O–H groups in total. The van der Waals surface area contributed by atoms with Crippen LogP contribution in [0.15, 0.2) is 23.6 Å². The van der Waals surface area contributed by atoms with E-state index >= 15 is 0 Å². The topological polar surface area (TPSA) is 83.6 Å². The van der Waals surface area contributed by atoms with Crippen LogP contribution in [0.3, 0.4) is 0 Å². The summed E-state index contributed by atoms with van der Waals surface area (Å²) in [7, 11) is 1.75. The van der Waals surface area contributed by atoms with Crippen LogP contribution in [0.5, 0.6) is 0 Å². The normalized spacial score (nSPS) is 14.7. The van der Waals surface area contributed by atoms with E-state index in [1.807, 2.05) is 44.4 Å². The van der Waals surface area contributed by atoms with Crippen molar-refractivity contribution >= 4 is 34.1 Å². The number of anilines is 2. The average molecular weight is 388 g/mol. The molecule has 0 fully saturated rings. The number of rotatable bonds is 6. The number of fused-ring (bicyclic) bond motifs is 1. The third-order valence-corrected chi connectivity index (χ3v) is 5.10. The maximum absolute atomic E-state index is 12.4. The maximum Gasteiger partial charge on any atom is 0.321 e. The monoisotopic (exact) mass is 388 g/mol. The van der Waals surface area contributed by atoms with Crippen LogP contribution in [0.25, 0.3) is 11.3 Å². The number of aromatic nitrogens is 1. The molecule has 1 atom stereocenters. The molecule has 8 heteroatoms. The lowest BCUT2D eigenvalue weighted by atomic mass is 10.0. The summed E-state index contributed by atoms with van der Waals surface area (Å²) >= 11 is 1.38. The number of carbonyl (C=O) groups is 2. The molecular weight excluding hydrogens is 364 g/mol. The van der Waals surface area contributed by atoms with Gasteiger partial charge in [0.2, 0.25) is 0 Å². The first-order chi connectivity index (χ1) is 12.9. The van der Waals surface area contributed by atoms with Gasteiger partial charge in [0.25, 0.3) is 5.91 Å². The summed E-state index contributed by atoms with van der Waals surface area (Å²) < 4.78 is 5.54. The summed E-state index contributed by atoms with van der Waals surface area (Å²) in [5.74, 6) is -0.0974. The SMILES string of the molecule is CCOC(C(=O)Nc1nc(-c2ccc3c(c2)CN(C)C(=O)N3)cs1)C(C)C. The van der Waals surface area contributed by atoms with Crippen LogP contribution in [0.4, 0.5) is 15.6 Å². The van der Waals surface area contributed by atoms with Gasteiger partial charge in [0, 0.05) is 36.8 Å². The molecule has 2 aromatic rings. The van der Waals surface area contributed by atoms with Gasteiger partial charge in [-0.1, -0.05) is 19.9 Å². The van der Waals surface area contributed by atoms with E-state index in [2.05, 4.69) is 15.6 Å². The predicted molar refractivity (Wildman–Crippen MR) is 107 cm³/mol. The Kier molecular flexibility index (Phi) is 5.76. The molecule has 0 bridgehead atoms. The van der Waals surface area contributed by atoms with Gasteiger partial charge < -0.3 is 15.0 Å². The highest BCUT2D eigenvalue weighted by molar-refractivity contribution is 7.14. The van der Waals surface area contributed by atoms with Gasteiger partial charge in [-0.2, -0.15) is 0 Å². The number of thiazole rings is 1. The smallest absolute Gasteiger partial charge is 0.321 e. The molecule has 0 radical (unpaired) electrons. The molecule has 2 heterocycles. The fourth-order valence-electron chi connectivity index (χ4n) is 2.93. The van der Waals surface area contributed by atoms with Crippen LogP contribution in [-0.2, 0) is 16.1 Å². The highest BCUT2D eigenvalue weighted by Gasteiger charge is 2.24. The first kappa shape index (κ1) is 19.3. The van der Waals surface area contributed by atoms with Crippen molar-refractivity contribution in [3.8, 4) is 11.3 Å². The van der Waals surface area contributed by atoms with Gasteiger partial charge >= 0.3 is 6.03 Å². The summed E-state index contributed by atoms with van der Waals surface area (Å²) in [5, 5.41) is 8.16. The lowest BCUT2D eigenvalue weighted by Crippen LogP contribution is -2.35. The van der Waals surface area contributed by atoms with Crippen molar-refractivity contribution in [3.63, 3.8) is 0 Å². The number of nitrogens with zero attached hydrogens (tertiary/aromatic N) is 2. The fourth-order valence-corrected chi connectivity index (χ4v) is 3.66. The summed E-state index contributed by atoms with van der Waals surface area (Å²) in [4.78, 5) is 30.3. The zero-order valence-electron chi connectivity index (χ0n) is 15.9. The largest absolute Gasteiger partial charge is 0.368 e. The van der Waals surface area contributed by atoms with E-state index in [0.29, 0.717) is 18.3 Å². The van der Waals surface area contributed by atoms with Crippen LogP contribution in [0.1, 0.15) is 26.3 Å². The Morgan fingerprint density at radius 1 is 1.44 bits per heavy atom. The average Bonchev–Trinajstić information content (AvgIpc) is 3.08. The van der Waals surface area contributed by atoms with E-state index < -0.39 is 6.10 Å². The molecule has 7 nitrogen and oxygen atoms in total. The quantitative estimate of drug-likeness (QED) is 0.789. The Morgan fingerprint density at radius 2 is 2.22 bits per heavy atom. The highest BCUT2D eigenvalue weighted by Crippen LogP contribution is 2.30. The Hall–Kier alpha value is -2.45. The van der Waals surface area contributed by atoms with Gasteiger partial charge in [-0.3, -0.25) is 10.1 Å². The van der Waals surface area contributed by atoms with Crippen molar-refractivity contribution in [2.24, 2.45) is 5.92 Å². The van der Waals surface area contributed by atoms with E-state index in [0.717, 1.165) is 22.5 Å². The number of benzene rings is 1. The number of nitrogens with one attached hydrogen (secondary N) is 2. The van der Waals surface area contributed by atoms with Gasteiger partial charge in [0.05, 0.1) is 5.69 Å². The lowest BCUT2D eigenvalue weighted by molar-refractivity contribution is -0.129. The maximum atomic E-state index is 12.4. The molecule has 27 heavy (non-hydrogen) atoms. The van der Waals surface area contributed by atoms with Crippen LogP contribution < -0.4 is 10.6 Å². The molecule has 144 valence electrons. The molecule has 0 spiro atoms. The standard InChI is InChI=1S/C19H24N4O3S/c1-5-26-16(11(2)3)17(24)22-18-20-15(10-27-18)12-6-7-14-13(8-12)9-23(4)19(25)21-14/h6-8,10-11,16H,5,9H2,1-4H3,(H,21,25)(H,20,22,24). The summed E-state index contributed by atoms with van der Waals surface area (Å²) in [5.41, 5.74) is 3.59. The van der Waals surface area contributed by atoms with Crippen molar-refractivity contribution in [3.05, 3.63) is 29.1 Å². The summed E-state index contributed by atoms with van der Waals surface area (Å²) in [6.45, 7) is 6.82. The molecule has 0 saturated carbocycles. The number of amides is 3. The van der Waals surface area contributed by atoms with Crippen LogP contribution in [-0.4, -0.2) is 41.6 Å². The van der Waals surface area contributed by atoms with Gasteiger partial charge in [-0.15, -0.1) is 11.3 Å². The molecule has 0 saturated heterocycles. The molecule has 1 aromatic heterocycles. The fraction of sp³-hybridized carbons (Fsp3) is 0.421. The summed E-state index contributed by atoms with van der Waals surface area (Å²) in [6, 6.07) is 5.71. The first-order valence-electron chi connectivity index (χ1n) is 8.92. The lowest BCUT2D eigenvalue weighted by Gasteiger charge is -2.26. The minimum absolute atomic E-state index is 0.0808. The molecule has 1 unspecified atom stereocenters. The Labute approximate surface area is 162 Å². The van der Waals surface area contributed by atoms with Crippen molar-refractivity contribution in [1.82, 2.24) is 9.88 Å². The molecule has 3 rings (SSSR count). The minimum Gasteiger partial charge on any atom is -0.368 e. The molecule has 1 aliphatic rings. The Balaban J connectivity index is 1.75. The van der Waals surface area contributed by atoms with Gasteiger partial charge in [0.1, 0.15) is 6.10 Å². The second-order valence-corrected chi connectivity index (χ2v) is 7.66. The van der Waals surface area contributed by atoms with Crippen molar-refractivity contribution < 1.29 is 14.3 Å². The Morgan fingerprint density at radius 3 is 2.93 bits per heavy atom. The van der Waals surface area contributed by atoms with Gasteiger partial charge in [-0.05, 0) is 30.5 Å². The van der Waals surface area contributed by atoms with Crippen LogP contribution in [0, 0.1) is 5.92 Å². The molecule has 0 aliphatic carbocycles. The van der Waals surface area contributed by atoms with E-state index in [-0.39, 0.29) is 17.9 Å². The third kappa shape index (κ3) is 4.28. The van der Waals surface area contributed by atoms with Crippen molar-refractivity contribution in [2.75, 3.05) is 24.3 Å². The molecule has 1 aliphatic heterocycles. The molecular formula is C19H24N4O3S. The zero-order valence-corrected chi connectivity index (χ0v) is 16.7. The van der Waals surface area contributed by atoms with E-state index in [9.17, 15) is 9.59 Å².